The van der Waals surface area contributed by atoms with E-state index < -0.39 is 0 Å². The van der Waals surface area contributed by atoms with E-state index in [-0.39, 0.29) is 5.91 Å². The molecule has 0 atom stereocenters. The highest BCUT2D eigenvalue weighted by atomic mass is 16.2. The Hall–Kier alpha value is -4.17. The maximum Gasteiger partial charge on any atom is 0.258 e. The fourth-order valence-corrected chi connectivity index (χ4v) is 3.61. The van der Waals surface area contributed by atoms with Gasteiger partial charge in [-0.15, -0.1) is 0 Å². The molecule has 3 aromatic carbocycles. The number of anilines is 1. The van der Waals surface area contributed by atoms with Crippen LogP contribution in [0.3, 0.4) is 0 Å². The number of benzene rings is 3. The van der Waals surface area contributed by atoms with Gasteiger partial charge in [0.15, 0.2) is 0 Å². The molecule has 4 rings (SSSR count). The smallest absolute Gasteiger partial charge is 0.258 e. The molecule has 1 amide bonds. The Labute approximate surface area is 181 Å². The minimum Gasteiger partial charge on any atom is -0.336 e. The van der Waals surface area contributed by atoms with Crippen molar-refractivity contribution in [3.8, 4) is 17.2 Å². The Morgan fingerprint density at radius 2 is 1.77 bits per heavy atom. The zero-order chi connectivity index (χ0) is 21.8. The monoisotopic (exact) mass is 406 g/mol. The highest BCUT2D eigenvalue weighted by Crippen LogP contribution is 2.32. The molecule has 4 aromatic rings. The number of carbonyl (C=O) groups excluding carboxylic acids is 1. The number of aryl methyl sites for hydroxylation is 2. The minimum atomic E-state index is -0.109. The van der Waals surface area contributed by atoms with Crippen molar-refractivity contribution in [2.75, 3.05) is 4.90 Å². The number of hydrogen-bond donors (Lipinski definition) is 0. The molecule has 0 saturated heterocycles. The molecule has 31 heavy (non-hydrogen) atoms. The fourth-order valence-electron chi connectivity index (χ4n) is 3.61. The molecule has 152 valence electrons. The molecule has 0 bridgehead atoms. The number of imidazole rings is 1. The lowest BCUT2D eigenvalue weighted by atomic mass is 9.95. The summed E-state index contributed by atoms with van der Waals surface area (Å²) in [4.78, 5) is 19.4. The molecule has 0 fully saturated rings. The fraction of sp³-hybridized carbons (Fsp3) is 0.115. The first kappa shape index (κ1) is 20.1. The van der Waals surface area contributed by atoms with Gasteiger partial charge in [0.05, 0.1) is 30.2 Å². The summed E-state index contributed by atoms with van der Waals surface area (Å²) in [6.07, 6.45) is 3.48. The molecule has 0 spiro atoms. The van der Waals surface area contributed by atoms with Crippen LogP contribution in [0.4, 0.5) is 5.69 Å². The summed E-state index contributed by atoms with van der Waals surface area (Å²) in [5, 5.41) is 9.69. The summed E-state index contributed by atoms with van der Waals surface area (Å²) in [6.45, 7) is 2.38. The lowest BCUT2D eigenvalue weighted by Gasteiger charge is -2.24. The van der Waals surface area contributed by atoms with Crippen molar-refractivity contribution in [3.63, 3.8) is 0 Å². The third-order valence-corrected chi connectivity index (χ3v) is 5.37. The van der Waals surface area contributed by atoms with E-state index in [1.165, 1.54) is 0 Å². The van der Waals surface area contributed by atoms with Crippen molar-refractivity contribution in [2.45, 2.75) is 13.5 Å². The summed E-state index contributed by atoms with van der Waals surface area (Å²) < 4.78 is 1.90. The molecule has 1 aromatic heterocycles. The molecule has 0 N–H and O–H groups in total. The van der Waals surface area contributed by atoms with Crippen molar-refractivity contribution < 1.29 is 4.79 Å². The van der Waals surface area contributed by atoms with E-state index in [4.69, 9.17) is 0 Å². The van der Waals surface area contributed by atoms with Gasteiger partial charge in [-0.05, 0) is 48.4 Å². The van der Waals surface area contributed by atoms with Gasteiger partial charge in [0, 0.05) is 30.1 Å². The molecule has 0 saturated carbocycles. The summed E-state index contributed by atoms with van der Waals surface area (Å²) in [5.41, 5.74) is 5.68. The Bertz CT molecular complexity index is 1270. The first-order valence-electron chi connectivity index (χ1n) is 10.0. The van der Waals surface area contributed by atoms with Crippen LogP contribution < -0.4 is 4.90 Å². The van der Waals surface area contributed by atoms with Crippen LogP contribution >= 0.6 is 0 Å². The average Bonchev–Trinajstić information content (AvgIpc) is 3.22. The number of aromatic nitrogens is 2. The third kappa shape index (κ3) is 4.10. The van der Waals surface area contributed by atoms with Gasteiger partial charge in [0.1, 0.15) is 0 Å². The Morgan fingerprint density at radius 1 is 1.03 bits per heavy atom. The molecule has 1 heterocycles. The quantitative estimate of drug-likeness (QED) is 0.462. The van der Waals surface area contributed by atoms with E-state index in [1.54, 1.807) is 23.5 Å². The molecule has 0 unspecified atom stereocenters. The van der Waals surface area contributed by atoms with Crippen LogP contribution in [-0.2, 0) is 13.6 Å². The highest BCUT2D eigenvalue weighted by Gasteiger charge is 2.21. The number of amides is 1. The van der Waals surface area contributed by atoms with Crippen LogP contribution in [0.5, 0.6) is 0 Å². The topological polar surface area (TPSA) is 61.9 Å². The molecule has 0 radical (unpaired) electrons. The summed E-state index contributed by atoms with van der Waals surface area (Å²) in [7, 11) is 1.91. The lowest BCUT2D eigenvalue weighted by molar-refractivity contribution is 0.0984. The number of nitriles is 1. The zero-order valence-electron chi connectivity index (χ0n) is 17.5. The van der Waals surface area contributed by atoms with Gasteiger partial charge in [0.25, 0.3) is 5.91 Å². The van der Waals surface area contributed by atoms with Crippen LogP contribution in [0.15, 0.2) is 85.3 Å². The zero-order valence-corrected chi connectivity index (χ0v) is 17.5. The maximum absolute atomic E-state index is 13.5. The van der Waals surface area contributed by atoms with Crippen molar-refractivity contribution >= 4 is 11.6 Å². The Balaban J connectivity index is 1.84. The molecule has 0 aliphatic rings. The second-order valence-corrected chi connectivity index (χ2v) is 7.41. The van der Waals surface area contributed by atoms with Gasteiger partial charge >= 0.3 is 0 Å². The van der Waals surface area contributed by atoms with Gasteiger partial charge in [-0.2, -0.15) is 5.26 Å². The molecule has 5 heteroatoms. The summed E-state index contributed by atoms with van der Waals surface area (Å²) >= 11 is 0. The standard InChI is InChI=1S/C26H22N4O/c1-19-8-6-7-11-24(19)25-14-22(13-12-21(25)15-27)30(17-23-16-28-18-29(23)2)26(31)20-9-4-3-5-10-20/h3-14,16,18H,17H2,1-2H3. The van der Waals surface area contributed by atoms with Crippen molar-refractivity contribution in [2.24, 2.45) is 7.05 Å². The van der Waals surface area contributed by atoms with E-state index in [0.717, 1.165) is 28.1 Å². The molecule has 5 nitrogen and oxygen atoms in total. The van der Waals surface area contributed by atoms with Gasteiger partial charge in [-0.1, -0.05) is 42.5 Å². The highest BCUT2D eigenvalue weighted by molar-refractivity contribution is 6.06. The second kappa shape index (κ2) is 8.68. The Kier molecular flexibility index (Phi) is 5.63. The van der Waals surface area contributed by atoms with Crippen LogP contribution in [0.2, 0.25) is 0 Å². The number of nitrogens with zero attached hydrogens (tertiary/aromatic N) is 4. The van der Waals surface area contributed by atoms with Crippen molar-refractivity contribution in [1.82, 2.24) is 9.55 Å². The second-order valence-electron chi connectivity index (χ2n) is 7.41. The van der Waals surface area contributed by atoms with E-state index in [9.17, 15) is 10.1 Å². The van der Waals surface area contributed by atoms with Gasteiger partial charge in [-0.25, -0.2) is 4.98 Å². The van der Waals surface area contributed by atoms with Gasteiger partial charge in [-0.3, -0.25) is 4.79 Å². The number of rotatable bonds is 5. The van der Waals surface area contributed by atoms with Crippen molar-refractivity contribution in [1.29, 1.82) is 5.26 Å². The van der Waals surface area contributed by atoms with E-state index in [0.29, 0.717) is 17.7 Å². The maximum atomic E-state index is 13.5. The van der Waals surface area contributed by atoms with E-state index in [2.05, 4.69) is 11.1 Å². The first-order valence-corrected chi connectivity index (χ1v) is 10.0. The molecule has 0 aliphatic carbocycles. The minimum absolute atomic E-state index is 0.109. The lowest BCUT2D eigenvalue weighted by Crippen LogP contribution is -2.31. The molecular weight excluding hydrogens is 384 g/mol. The predicted molar refractivity (Wildman–Crippen MR) is 121 cm³/mol. The van der Waals surface area contributed by atoms with Gasteiger partial charge < -0.3 is 9.47 Å². The average molecular weight is 406 g/mol. The summed E-state index contributed by atoms with van der Waals surface area (Å²) in [5.74, 6) is -0.109. The molecular formula is C26H22N4O. The van der Waals surface area contributed by atoms with Crippen LogP contribution in [0, 0.1) is 18.3 Å². The Morgan fingerprint density at radius 3 is 2.45 bits per heavy atom. The number of carbonyl (C=O) groups is 1. The summed E-state index contributed by atoms with van der Waals surface area (Å²) in [6, 6.07) is 25.0. The predicted octanol–water partition coefficient (Wildman–Crippen LogP) is 5.11. The largest absolute Gasteiger partial charge is 0.336 e. The van der Waals surface area contributed by atoms with E-state index >= 15 is 0 Å². The van der Waals surface area contributed by atoms with Crippen LogP contribution in [0.1, 0.15) is 27.2 Å². The van der Waals surface area contributed by atoms with Crippen LogP contribution in [0.25, 0.3) is 11.1 Å². The normalized spacial score (nSPS) is 10.5. The van der Waals surface area contributed by atoms with Crippen molar-refractivity contribution in [3.05, 3.63) is 108 Å². The van der Waals surface area contributed by atoms with Gasteiger partial charge in [0.2, 0.25) is 0 Å². The van der Waals surface area contributed by atoms with E-state index in [1.807, 2.05) is 85.3 Å². The van der Waals surface area contributed by atoms with Crippen LogP contribution in [-0.4, -0.2) is 15.5 Å². The SMILES string of the molecule is Cc1ccccc1-c1cc(N(Cc2cncn2C)C(=O)c2ccccc2)ccc1C#N. The number of hydrogen-bond acceptors (Lipinski definition) is 3. The third-order valence-electron chi connectivity index (χ3n) is 5.37. The molecule has 0 aliphatic heterocycles. The first-order chi connectivity index (χ1) is 15.1.